The molecule has 1 aromatic rings. The van der Waals surface area contributed by atoms with Crippen molar-refractivity contribution in [2.75, 3.05) is 26.7 Å². The number of nitrogens with one attached hydrogen (secondary N) is 2. The molecule has 0 aromatic carbocycles. The van der Waals surface area contributed by atoms with Gasteiger partial charge in [0.15, 0.2) is 5.96 Å². The third-order valence-corrected chi connectivity index (χ3v) is 4.52. The fourth-order valence-electron chi connectivity index (χ4n) is 2.75. The van der Waals surface area contributed by atoms with Crippen LogP contribution in [0.1, 0.15) is 39.2 Å². The van der Waals surface area contributed by atoms with Crippen LogP contribution in [0.4, 0.5) is 4.79 Å². The van der Waals surface area contributed by atoms with Crippen LogP contribution in [0.25, 0.3) is 0 Å². The smallest absolute Gasteiger partial charge is 0.410 e. The molecule has 2 heterocycles. The molecule has 2 fully saturated rings. The lowest BCUT2D eigenvalue weighted by molar-refractivity contribution is 0.00701. The zero-order valence-corrected chi connectivity index (χ0v) is 17.2. The number of carbonyl (C=O) groups excluding carboxylic acids is 1. The fourth-order valence-corrected chi connectivity index (χ4v) is 2.75. The summed E-state index contributed by atoms with van der Waals surface area (Å²) in [5.74, 6) is 2.07. The predicted octanol–water partition coefficient (Wildman–Crippen LogP) is 2.15. The molecule has 0 atom stereocenters. The van der Waals surface area contributed by atoms with E-state index < -0.39 is 5.60 Å². The molecule has 1 aliphatic heterocycles. The topological polar surface area (TPSA) is 88.1 Å². The summed E-state index contributed by atoms with van der Waals surface area (Å²) in [6, 6.07) is 4.07. The van der Waals surface area contributed by atoms with E-state index in [9.17, 15) is 4.79 Å². The Kier molecular flexibility index (Phi) is 6.26. The number of ether oxygens (including phenoxy) is 2. The van der Waals surface area contributed by atoms with E-state index in [1.54, 1.807) is 18.1 Å². The highest BCUT2D eigenvalue weighted by atomic mass is 16.6. The van der Waals surface area contributed by atoms with Gasteiger partial charge in [-0.05, 0) is 51.2 Å². The number of nitrogens with zero attached hydrogens (tertiary/aromatic N) is 3. The number of carbonyl (C=O) groups is 1. The van der Waals surface area contributed by atoms with Crippen molar-refractivity contribution in [2.24, 2.45) is 10.9 Å². The Morgan fingerprint density at radius 3 is 2.75 bits per heavy atom. The lowest BCUT2D eigenvalue weighted by atomic mass is 10.1. The van der Waals surface area contributed by atoms with Gasteiger partial charge in [-0.2, -0.15) is 0 Å². The minimum atomic E-state index is -0.473. The van der Waals surface area contributed by atoms with Crippen LogP contribution in [0.3, 0.4) is 0 Å². The molecule has 2 N–H and O–H groups in total. The zero-order valence-electron chi connectivity index (χ0n) is 17.2. The molecule has 28 heavy (non-hydrogen) atoms. The highest BCUT2D eigenvalue weighted by molar-refractivity contribution is 5.80. The van der Waals surface area contributed by atoms with Crippen molar-refractivity contribution in [2.45, 2.75) is 51.8 Å². The van der Waals surface area contributed by atoms with E-state index in [2.05, 4.69) is 20.6 Å². The molecule has 0 spiro atoms. The highest BCUT2D eigenvalue weighted by Crippen LogP contribution is 2.29. The van der Waals surface area contributed by atoms with E-state index >= 15 is 0 Å². The van der Waals surface area contributed by atoms with E-state index in [1.165, 1.54) is 12.8 Å². The predicted molar refractivity (Wildman–Crippen MR) is 107 cm³/mol. The van der Waals surface area contributed by atoms with Crippen molar-refractivity contribution in [3.63, 3.8) is 0 Å². The lowest BCUT2D eigenvalue weighted by Crippen LogP contribution is -2.63. The first-order valence-electron chi connectivity index (χ1n) is 9.85. The molecule has 0 radical (unpaired) electrons. The molecular weight excluding hydrogens is 358 g/mol. The molecule has 154 valence electrons. The maximum Gasteiger partial charge on any atom is 0.410 e. The number of rotatable bonds is 6. The second-order valence-electron chi connectivity index (χ2n) is 8.41. The van der Waals surface area contributed by atoms with Crippen molar-refractivity contribution >= 4 is 12.1 Å². The normalized spacial score (nSPS) is 17.7. The lowest BCUT2D eigenvalue weighted by Gasteiger charge is -2.40. The summed E-state index contributed by atoms with van der Waals surface area (Å²) >= 11 is 0. The number of aliphatic imine (C=N–C) groups is 1. The number of aromatic nitrogens is 1. The molecule has 1 saturated heterocycles. The first-order chi connectivity index (χ1) is 13.3. The molecule has 1 aromatic heterocycles. The molecule has 8 heteroatoms. The first-order valence-corrected chi connectivity index (χ1v) is 9.85. The Morgan fingerprint density at radius 2 is 2.11 bits per heavy atom. The highest BCUT2D eigenvalue weighted by Gasteiger charge is 2.34. The van der Waals surface area contributed by atoms with Crippen LogP contribution in [-0.4, -0.2) is 60.3 Å². The molecule has 2 aliphatic rings. The van der Waals surface area contributed by atoms with Crippen molar-refractivity contribution < 1.29 is 14.3 Å². The summed E-state index contributed by atoms with van der Waals surface area (Å²) in [6.45, 7) is 8.18. The van der Waals surface area contributed by atoms with Gasteiger partial charge in [0.2, 0.25) is 5.88 Å². The molecule has 1 saturated carbocycles. The maximum absolute atomic E-state index is 12.0. The molecular formula is C20H31N5O3. The Balaban J connectivity index is 1.39. The molecule has 1 aliphatic carbocycles. The molecule has 8 nitrogen and oxygen atoms in total. The average Bonchev–Trinajstić information content (AvgIpc) is 3.41. The summed E-state index contributed by atoms with van der Waals surface area (Å²) < 4.78 is 11.1. The van der Waals surface area contributed by atoms with Crippen LogP contribution in [-0.2, 0) is 11.3 Å². The van der Waals surface area contributed by atoms with Gasteiger partial charge in [-0.25, -0.2) is 9.78 Å². The van der Waals surface area contributed by atoms with Crippen molar-refractivity contribution in [1.29, 1.82) is 0 Å². The minimum absolute atomic E-state index is 0.161. The van der Waals surface area contributed by atoms with Gasteiger partial charge in [-0.15, -0.1) is 0 Å². The van der Waals surface area contributed by atoms with Gasteiger partial charge >= 0.3 is 6.09 Å². The fraction of sp³-hybridized carbons (Fsp3) is 0.650. The van der Waals surface area contributed by atoms with Gasteiger partial charge in [0.05, 0.1) is 12.6 Å². The van der Waals surface area contributed by atoms with E-state index in [0.29, 0.717) is 37.4 Å². The van der Waals surface area contributed by atoms with E-state index in [0.717, 1.165) is 12.2 Å². The van der Waals surface area contributed by atoms with Crippen LogP contribution >= 0.6 is 0 Å². The average molecular weight is 390 g/mol. The summed E-state index contributed by atoms with van der Waals surface area (Å²) in [4.78, 5) is 22.2. The van der Waals surface area contributed by atoms with Crippen LogP contribution in [0, 0.1) is 5.92 Å². The number of guanidine groups is 1. The molecule has 0 bridgehead atoms. The molecule has 1 amide bonds. The Labute approximate surface area is 166 Å². The third-order valence-electron chi connectivity index (χ3n) is 4.52. The second kappa shape index (κ2) is 8.67. The summed E-state index contributed by atoms with van der Waals surface area (Å²) in [6.07, 6.45) is 4.01. The third kappa shape index (κ3) is 6.28. The van der Waals surface area contributed by atoms with Crippen molar-refractivity contribution in [1.82, 2.24) is 20.5 Å². The van der Waals surface area contributed by atoms with Gasteiger partial charge in [-0.1, -0.05) is 0 Å². The maximum atomic E-state index is 12.0. The number of amides is 1. The van der Waals surface area contributed by atoms with Gasteiger partial charge in [0.1, 0.15) is 5.60 Å². The summed E-state index contributed by atoms with van der Waals surface area (Å²) in [7, 11) is 1.73. The number of pyridine rings is 1. The van der Waals surface area contributed by atoms with Crippen LogP contribution in [0.5, 0.6) is 5.88 Å². The van der Waals surface area contributed by atoms with Crippen molar-refractivity contribution in [3.05, 3.63) is 23.9 Å². The number of hydrogen-bond donors (Lipinski definition) is 2. The van der Waals surface area contributed by atoms with Crippen LogP contribution in [0.15, 0.2) is 23.3 Å². The number of likely N-dealkylation sites (tertiary alicyclic amines) is 1. The first kappa shape index (κ1) is 20.2. The summed E-state index contributed by atoms with van der Waals surface area (Å²) in [5.41, 5.74) is 0.603. The SMILES string of the molecule is CN=C(NCc1ccnc(OCC2CC2)c1)NC1CN(C(=O)OC(C)(C)C)C1. The minimum Gasteiger partial charge on any atom is -0.477 e. The van der Waals surface area contributed by atoms with Crippen LogP contribution in [0.2, 0.25) is 0 Å². The Bertz CT molecular complexity index is 706. The van der Waals surface area contributed by atoms with E-state index in [-0.39, 0.29) is 12.1 Å². The van der Waals surface area contributed by atoms with Gasteiger partial charge in [0, 0.05) is 38.9 Å². The largest absolute Gasteiger partial charge is 0.477 e. The van der Waals surface area contributed by atoms with Crippen LogP contribution < -0.4 is 15.4 Å². The van der Waals surface area contributed by atoms with E-state index in [1.807, 2.05) is 32.9 Å². The Morgan fingerprint density at radius 1 is 1.36 bits per heavy atom. The molecule has 0 unspecified atom stereocenters. The number of hydrogen-bond acceptors (Lipinski definition) is 5. The van der Waals surface area contributed by atoms with Gasteiger partial charge < -0.3 is 25.0 Å². The standard InChI is InChI=1S/C20H31N5O3/c1-20(2,3)28-19(26)25-11-16(12-25)24-18(21-4)23-10-15-7-8-22-17(9-15)27-13-14-5-6-14/h7-9,14,16H,5-6,10-13H2,1-4H3,(H2,21,23,24). The Hall–Kier alpha value is -2.51. The van der Waals surface area contributed by atoms with Crippen molar-refractivity contribution in [3.8, 4) is 5.88 Å². The van der Waals surface area contributed by atoms with Gasteiger partial charge in [-0.3, -0.25) is 4.99 Å². The zero-order chi connectivity index (χ0) is 20.1. The monoisotopic (exact) mass is 389 g/mol. The molecule has 3 rings (SSSR count). The van der Waals surface area contributed by atoms with Gasteiger partial charge in [0.25, 0.3) is 0 Å². The quantitative estimate of drug-likeness (QED) is 0.573. The summed E-state index contributed by atoms with van der Waals surface area (Å²) in [5, 5.41) is 6.62. The van der Waals surface area contributed by atoms with E-state index in [4.69, 9.17) is 9.47 Å². The second-order valence-corrected chi connectivity index (χ2v) is 8.41.